The first-order valence-corrected chi connectivity index (χ1v) is 6.50. The third kappa shape index (κ3) is 2.16. The number of nitrogens with zero attached hydrogens (tertiary/aromatic N) is 1. The summed E-state index contributed by atoms with van der Waals surface area (Å²) < 4.78 is 13.0. The summed E-state index contributed by atoms with van der Waals surface area (Å²) in [7, 11) is -0.358. The van der Waals surface area contributed by atoms with Crippen molar-refractivity contribution < 1.29 is 9.31 Å². The molecule has 0 amide bonds. The quantitative estimate of drug-likeness (QED) is 0.746. The maximum atomic E-state index is 6.02. The lowest BCUT2D eigenvalue weighted by Crippen LogP contribution is -2.41. The van der Waals surface area contributed by atoms with Crippen LogP contribution in [0, 0.1) is 6.92 Å². The topological polar surface area (TPSA) is 31.4 Å². The minimum Gasteiger partial charge on any atom is -0.399 e. The van der Waals surface area contributed by atoms with Gasteiger partial charge in [-0.3, -0.25) is 4.98 Å². The summed E-state index contributed by atoms with van der Waals surface area (Å²) in [4.78, 5) is 4.29. The van der Waals surface area contributed by atoms with E-state index in [-0.39, 0.29) is 18.3 Å². The number of halogens is 1. The van der Waals surface area contributed by atoms with E-state index in [0.717, 1.165) is 15.6 Å². The number of rotatable bonds is 1. The monoisotopic (exact) mass is 297 g/mol. The van der Waals surface area contributed by atoms with Crippen molar-refractivity contribution in [3.05, 3.63) is 22.4 Å². The second-order valence-electron chi connectivity index (χ2n) is 5.38. The van der Waals surface area contributed by atoms with Gasteiger partial charge in [0.25, 0.3) is 0 Å². The van der Waals surface area contributed by atoms with Gasteiger partial charge in [-0.2, -0.15) is 0 Å². The third-order valence-electron chi connectivity index (χ3n) is 3.63. The Hall–Kier alpha value is -0.385. The number of aromatic nitrogens is 1. The molecule has 1 aliphatic rings. The largest absolute Gasteiger partial charge is 0.497 e. The lowest BCUT2D eigenvalue weighted by atomic mass is 9.78. The Morgan fingerprint density at radius 3 is 2.18 bits per heavy atom. The molecular weight excluding hydrogens is 281 g/mol. The molecule has 0 bridgehead atoms. The van der Waals surface area contributed by atoms with Crippen molar-refractivity contribution in [1.29, 1.82) is 0 Å². The van der Waals surface area contributed by atoms with Gasteiger partial charge in [0.2, 0.25) is 0 Å². The number of hydrogen-bond donors (Lipinski definition) is 0. The lowest BCUT2D eigenvalue weighted by Gasteiger charge is -2.32. The van der Waals surface area contributed by atoms with E-state index in [1.165, 1.54) is 0 Å². The van der Waals surface area contributed by atoms with Gasteiger partial charge in [0.1, 0.15) is 0 Å². The predicted octanol–water partition coefficient (Wildman–Crippen LogP) is 2.45. The zero-order valence-corrected chi connectivity index (χ0v) is 12.5. The molecule has 3 nitrogen and oxygen atoms in total. The van der Waals surface area contributed by atoms with Crippen molar-refractivity contribution in [3.63, 3.8) is 0 Å². The second-order valence-corrected chi connectivity index (χ2v) is 6.23. The molecule has 0 atom stereocenters. The van der Waals surface area contributed by atoms with Crippen LogP contribution >= 0.6 is 15.9 Å². The van der Waals surface area contributed by atoms with Crippen LogP contribution in [0.3, 0.4) is 0 Å². The first-order chi connectivity index (χ1) is 7.74. The molecule has 1 saturated heterocycles. The summed E-state index contributed by atoms with van der Waals surface area (Å²) >= 11 is 3.53. The Morgan fingerprint density at radius 1 is 1.18 bits per heavy atom. The first kappa shape index (κ1) is 13.1. The molecule has 0 saturated carbocycles. The van der Waals surface area contributed by atoms with Gasteiger partial charge in [-0.1, -0.05) is 15.9 Å². The van der Waals surface area contributed by atoms with Crippen LogP contribution in [0.4, 0.5) is 0 Å². The Kier molecular flexibility index (Phi) is 3.13. The van der Waals surface area contributed by atoms with Gasteiger partial charge in [-0.15, -0.1) is 0 Å². The molecule has 5 heteroatoms. The molecule has 2 heterocycles. The second kappa shape index (κ2) is 4.07. The van der Waals surface area contributed by atoms with Crippen LogP contribution in [-0.2, 0) is 9.31 Å². The fraction of sp³-hybridized carbons (Fsp3) is 0.583. The van der Waals surface area contributed by atoms with Crippen LogP contribution in [0.5, 0.6) is 0 Å². The average molecular weight is 298 g/mol. The van der Waals surface area contributed by atoms with Gasteiger partial charge in [0, 0.05) is 21.8 Å². The zero-order chi connectivity index (χ0) is 12.8. The molecule has 0 N–H and O–H groups in total. The van der Waals surface area contributed by atoms with Gasteiger partial charge in [-0.05, 0) is 40.7 Å². The van der Waals surface area contributed by atoms with E-state index in [9.17, 15) is 0 Å². The van der Waals surface area contributed by atoms with Gasteiger partial charge >= 0.3 is 7.12 Å². The molecule has 0 unspecified atom stereocenters. The number of pyridine rings is 1. The molecule has 1 aromatic rings. The minimum absolute atomic E-state index is 0.320. The smallest absolute Gasteiger partial charge is 0.399 e. The van der Waals surface area contributed by atoms with Crippen molar-refractivity contribution in [2.45, 2.75) is 45.8 Å². The van der Waals surface area contributed by atoms with Crippen molar-refractivity contribution in [2.75, 3.05) is 0 Å². The van der Waals surface area contributed by atoms with Gasteiger partial charge < -0.3 is 9.31 Å². The highest BCUT2D eigenvalue weighted by Crippen LogP contribution is 2.37. The fourth-order valence-corrected chi connectivity index (χ4v) is 2.38. The molecule has 17 heavy (non-hydrogen) atoms. The van der Waals surface area contributed by atoms with Crippen molar-refractivity contribution in [3.8, 4) is 0 Å². The summed E-state index contributed by atoms with van der Waals surface area (Å²) in [5.41, 5.74) is 1.27. The molecule has 0 radical (unpaired) electrons. The summed E-state index contributed by atoms with van der Waals surface area (Å²) in [6, 6.07) is 1.91. The molecule has 0 aromatic carbocycles. The molecule has 1 fully saturated rings. The van der Waals surface area contributed by atoms with Crippen LogP contribution in [0.2, 0.25) is 0 Å². The van der Waals surface area contributed by atoms with E-state index >= 15 is 0 Å². The van der Waals surface area contributed by atoms with Crippen LogP contribution in [0.15, 0.2) is 16.7 Å². The minimum atomic E-state index is -0.358. The van der Waals surface area contributed by atoms with Crippen LogP contribution < -0.4 is 5.46 Å². The third-order valence-corrected chi connectivity index (χ3v) is 4.32. The van der Waals surface area contributed by atoms with Crippen molar-refractivity contribution >= 4 is 28.5 Å². The summed E-state index contributed by atoms with van der Waals surface area (Å²) in [6.45, 7) is 10.2. The normalized spacial score (nSPS) is 21.9. The Morgan fingerprint density at radius 2 is 1.71 bits per heavy atom. The van der Waals surface area contributed by atoms with E-state index in [4.69, 9.17) is 9.31 Å². The highest BCUT2D eigenvalue weighted by Gasteiger charge is 2.52. The van der Waals surface area contributed by atoms with Crippen molar-refractivity contribution in [1.82, 2.24) is 4.98 Å². The molecule has 92 valence electrons. The molecule has 1 aromatic heterocycles. The summed E-state index contributed by atoms with van der Waals surface area (Å²) in [5.74, 6) is 0. The van der Waals surface area contributed by atoms with E-state index in [0.29, 0.717) is 0 Å². The number of aryl methyl sites for hydroxylation is 1. The van der Waals surface area contributed by atoms with E-state index in [1.807, 2.05) is 40.7 Å². The van der Waals surface area contributed by atoms with E-state index < -0.39 is 0 Å². The average Bonchev–Trinajstić information content (AvgIpc) is 2.35. The molecule has 0 spiro atoms. The Balaban J connectivity index is 2.39. The van der Waals surface area contributed by atoms with Crippen LogP contribution in [0.25, 0.3) is 0 Å². The fourth-order valence-electron chi connectivity index (χ4n) is 1.79. The Labute approximate surface area is 111 Å². The molecule has 1 aliphatic heterocycles. The predicted molar refractivity (Wildman–Crippen MR) is 72.4 cm³/mol. The molecule has 0 aliphatic carbocycles. The van der Waals surface area contributed by atoms with E-state index in [1.54, 1.807) is 6.20 Å². The SMILES string of the molecule is Cc1nccc(Br)c1B1OC(C)(C)C(C)(C)O1. The highest BCUT2D eigenvalue weighted by atomic mass is 79.9. The first-order valence-electron chi connectivity index (χ1n) is 5.71. The highest BCUT2D eigenvalue weighted by molar-refractivity contribution is 9.10. The van der Waals surface area contributed by atoms with Gasteiger partial charge in [0.15, 0.2) is 0 Å². The Bertz CT molecular complexity index is 412. The van der Waals surface area contributed by atoms with Crippen molar-refractivity contribution in [2.24, 2.45) is 0 Å². The summed E-state index contributed by atoms with van der Waals surface area (Å²) in [5, 5.41) is 0. The van der Waals surface area contributed by atoms with Crippen LogP contribution in [0.1, 0.15) is 33.4 Å². The summed E-state index contributed by atoms with van der Waals surface area (Å²) in [6.07, 6.45) is 1.77. The van der Waals surface area contributed by atoms with Gasteiger partial charge in [-0.25, -0.2) is 0 Å². The number of hydrogen-bond acceptors (Lipinski definition) is 3. The van der Waals surface area contributed by atoms with E-state index in [2.05, 4.69) is 20.9 Å². The maximum absolute atomic E-state index is 6.02. The lowest BCUT2D eigenvalue weighted by molar-refractivity contribution is 0.00578. The molecular formula is C12H17BBrNO2. The van der Waals surface area contributed by atoms with Gasteiger partial charge in [0.05, 0.1) is 11.2 Å². The van der Waals surface area contributed by atoms with Crippen LogP contribution in [-0.4, -0.2) is 23.3 Å². The standard InChI is InChI=1S/C12H17BBrNO2/c1-8-10(9(14)6-7-15-8)13-16-11(2,3)12(4,5)17-13/h6-7H,1-5H3. The molecule has 2 rings (SSSR count). The zero-order valence-electron chi connectivity index (χ0n) is 10.9. The maximum Gasteiger partial charge on any atom is 0.497 e.